The lowest BCUT2D eigenvalue weighted by molar-refractivity contribution is 1.16. The summed E-state index contributed by atoms with van der Waals surface area (Å²) < 4.78 is 0. The molecule has 0 unspecified atom stereocenters. The summed E-state index contributed by atoms with van der Waals surface area (Å²) in [5, 5.41) is 24.5. The predicted octanol–water partition coefficient (Wildman–Crippen LogP) is 6.05. The van der Waals surface area contributed by atoms with Gasteiger partial charge in [-0.2, -0.15) is 15.5 Å². The molecular weight excluding hydrogens is 422 g/mol. The van der Waals surface area contributed by atoms with Crippen molar-refractivity contribution in [3.05, 3.63) is 95.3 Å². The topological polar surface area (TPSA) is 110 Å². The molecule has 0 radical (unpaired) electrons. The van der Waals surface area contributed by atoms with Crippen molar-refractivity contribution in [3.8, 4) is 23.4 Å². The maximum absolute atomic E-state index is 9.03. The number of pyridine rings is 1. The standard InChI is InChI=1S/C27H21N7/c1-18-13-21(5-3-11-28)14-19(2)26(18)33-25-15-24(22-6-4-12-30-17-22)32-27(34-25)31-23-9-7-20(16-29)8-10-23/h3-10,12-15,17H,1-2H3,(H2,31,32,33,34). The number of nitrogens with zero attached hydrogens (tertiary/aromatic N) is 5. The second kappa shape index (κ2) is 10.1. The summed E-state index contributed by atoms with van der Waals surface area (Å²) in [7, 11) is 0. The molecule has 4 rings (SSSR count). The van der Waals surface area contributed by atoms with Gasteiger partial charge < -0.3 is 10.6 Å². The SMILES string of the molecule is Cc1cc(C=CC#N)cc(C)c1Nc1cc(-c2cccnc2)nc(Nc2ccc(C#N)cc2)n1. The highest BCUT2D eigenvalue weighted by Crippen LogP contribution is 2.29. The fourth-order valence-corrected chi connectivity index (χ4v) is 3.54. The van der Waals surface area contributed by atoms with Crippen LogP contribution in [0, 0.1) is 36.5 Å². The lowest BCUT2D eigenvalue weighted by Gasteiger charge is -2.15. The molecule has 34 heavy (non-hydrogen) atoms. The summed E-state index contributed by atoms with van der Waals surface area (Å²) in [5.74, 6) is 1.04. The van der Waals surface area contributed by atoms with Gasteiger partial charge in [0.2, 0.25) is 5.95 Å². The molecule has 2 aromatic carbocycles. The number of nitrogens with one attached hydrogen (secondary N) is 2. The van der Waals surface area contributed by atoms with E-state index in [0.29, 0.717) is 23.0 Å². The molecule has 0 saturated carbocycles. The Labute approximate surface area is 198 Å². The summed E-state index contributed by atoms with van der Waals surface area (Å²) in [5.41, 5.74) is 6.89. The van der Waals surface area contributed by atoms with Crippen LogP contribution in [-0.2, 0) is 0 Å². The summed E-state index contributed by atoms with van der Waals surface area (Å²) in [6.07, 6.45) is 6.72. The van der Waals surface area contributed by atoms with E-state index in [0.717, 1.165) is 33.6 Å². The lowest BCUT2D eigenvalue weighted by atomic mass is 10.0. The molecule has 0 aliphatic carbocycles. The lowest BCUT2D eigenvalue weighted by Crippen LogP contribution is -2.04. The second-order valence-electron chi connectivity index (χ2n) is 7.64. The molecule has 0 amide bonds. The molecule has 2 aromatic heterocycles. The van der Waals surface area contributed by atoms with Crippen LogP contribution in [0.3, 0.4) is 0 Å². The van der Waals surface area contributed by atoms with Gasteiger partial charge in [-0.25, -0.2) is 4.98 Å². The molecule has 0 aliphatic rings. The van der Waals surface area contributed by atoms with E-state index in [2.05, 4.69) is 31.7 Å². The van der Waals surface area contributed by atoms with Crippen LogP contribution in [0.15, 0.2) is 73.1 Å². The Balaban J connectivity index is 1.72. The molecule has 7 nitrogen and oxygen atoms in total. The van der Waals surface area contributed by atoms with E-state index in [9.17, 15) is 0 Å². The van der Waals surface area contributed by atoms with E-state index in [1.807, 2.05) is 62.4 Å². The first-order chi connectivity index (χ1) is 16.6. The van der Waals surface area contributed by atoms with Gasteiger partial charge in [-0.15, -0.1) is 0 Å². The zero-order valence-corrected chi connectivity index (χ0v) is 18.7. The van der Waals surface area contributed by atoms with Gasteiger partial charge in [-0.05, 0) is 85.1 Å². The highest BCUT2D eigenvalue weighted by atomic mass is 15.1. The number of anilines is 4. The molecule has 164 valence electrons. The number of rotatable bonds is 6. The van der Waals surface area contributed by atoms with Gasteiger partial charge in [-0.3, -0.25) is 4.98 Å². The van der Waals surface area contributed by atoms with Gasteiger partial charge >= 0.3 is 0 Å². The van der Waals surface area contributed by atoms with Crippen LogP contribution in [0.4, 0.5) is 23.1 Å². The molecular formula is C27H21N7. The Hall–Kier alpha value is -5.01. The van der Waals surface area contributed by atoms with Crippen molar-refractivity contribution in [1.29, 1.82) is 10.5 Å². The van der Waals surface area contributed by atoms with Crippen molar-refractivity contribution < 1.29 is 0 Å². The van der Waals surface area contributed by atoms with Crippen molar-refractivity contribution >= 4 is 29.2 Å². The summed E-state index contributed by atoms with van der Waals surface area (Å²) >= 11 is 0. The van der Waals surface area contributed by atoms with Crippen LogP contribution >= 0.6 is 0 Å². The molecule has 4 aromatic rings. The van der Waals surface area contributed by atoms with Crippen molar-refractivity contribution in [1.82, 2.24) is 15.0 Å². The fraction of sp³-hybridized carbons (Fsp3) is 0.0741. The first kappa shape index (κ1) is 22.2. The van der Waals surface area contributed by atoms with E-state index in [4.69, 9.17) is 10.5 Å². The minimum Gasteiger partial charge on any atom is -0.340 e. The molecule has 0 fully saturated rings. The Morgan fingerprint density at radius 3 is 2.32 bits per heavy atom. The quantitative estimate of drug-likeness (QED) is 0.349. The summed E-state index contributed by atoms with van der Waals surface area (Å²) in [6, 6.07) is 21.0. The fourth-order valence-electron chi connectivity index (χ4n) is 3.54. The number of aryl methyl sites for hydroxylation is 2. The minimum atomic E-state index is 0.414. The van der Waals surface area contributed by atoms with Gasteiger partial charge in [0.25, 0.3) is 0 Å². The Morgan fingerprint density at radius 1 is 0.912 bits per heavy atom. The molecule has 0 aliphatic heterocycles. The second-order valence-corrected chi connectivity index (χ2v) is 7.64. The number of aromatic nitrogens is 3. The largest absolute Gasteiger partial charge is 0.340 e. The third-order valence-electron chi connectivity index (χ3n) is 5.11. The van der Waals surface area contributed by atoms with Crippen LogP contribution in [0.1, 0.15) is 22.3 Å². The number of nitriles is 2. The molecule has 0 saturated heterocycles. The summed E-state index contributed by atoms with van der Waals surface area (Å²) in [4.78, 5) is 13.5. The summed E-state index contributed by atoms with van der Waals surface area (Å²) in [6.45, 7) is 4.02. The highest BCUT2D eigenvalue weighted by molar-refractivity contribution is 5.72. The zero-order chi connectivity index (χ0) is 23.9. The Bertz CT molecular complexity index is 1400. The van der Waals surface area contributed by atoms with Crippen LogP contribution in [-0.4, -0.2) is 15.0 Å². The first-order valence-electron chi connectivity index (χ1n) is 10.6. The number of hydrogen-bond acceptors (Lipinski definition) is 7. The molecule has 0 bridgehead atoms. The van der Waals surface area contributed by atoms with E-state index in [1.165, 1.54) is 6.08 Å². The predicted molar refractivity (Wildman–Crippen MR) is 134 cm³/mol. The monoisotopic (exact) mass is 443 g/mol. The average molecular weight is 444 g/mol. The van der Waals surface area contributed by atoms with E-state index >= 15 is 0 Å². The van der Waals surface area contributed by atoms with E-state index < -0.39 is 0 Å². The van der Waals surface area contributed by atoms with Crippen molar-refractivity contribution in [3.63, 3.8) is 0 Å². The molecule has 2 heterocycles. The highest BCUT2D eigenvalue weighted by Gasteiger charge is 2.11. The zero-order valence-electron chi connectivity index (χ0n) is 18.7. The average Bonchev–Trinajstić information content (AvgIpc) is 2.86. The van der Waals surface area contributed by atoms with Crippen LogP contribution in [0.25, 0.3) is 17.3 Å². The molecule has 0 atom stereocenters. The molecule has 0 spiro atoms. The van der Waals surface area contributed by atoms with Crippen LogP contribution in [0.5, 0.6) is 0 Å². The Kier molecular flexibility index (Phi) is 6.58. The van der Waals surface area contributed by atoms with Crippen LogP contribution in [0.2, 0.25) is 0 Å². The van der Waals surface area contributed by atoms with Crippen molar-refractivity contribution in [2.75, 3.05) is 10.6 Å². The van der Waals surface area contributed by atoms with Gasteiger partial charge in [0, 0.05) is 41.5 Å². The Morgan fingerprint density at radius 2 is 1.68 bits per heavy atom. The normalized spacial score (nSPS) is 10.5. The smallest absolute Gasteiger partial charge is 0.229 e. The van der Waals surface area contributed by atoms with Gasteiger partial charge in [0.15, 0.2) is 0 Å². The molecule has 2 N–H and O–H groups in total. The van der Waals surface area contributed by atoms with Crippen LogP contribution < -0.4 is 10.6 Å². The third-order valence-corrected chi connectivity index (χ3v) is 5.11. The number of benzene rings is 2. The first-order valence-corrected chi connectivity index (χ1v) is 10.6. The van der Waals surface area contributed by atoms with E-state index in [1.54, 1.807) is 30.6 Å². The van der Waals surface area contributed by atoms with Gasteiger partial charge in [-0.1, -0.05) is 0 Å². The maximum atomic E-state index is 9.03. The minimum absolute atomic E-state index is 0.414. The van der Waals surface area contributed by atoms with Gasteiger partial charge in [0.1, 0.15) is 5.82 Å². The van der Waals surface area contributed by atoms with Crippen molar-refractivity contribution in [2.24, 2.45) is 0 Å². The maximum Gasteiger partial charge on any atom is 0.229 e. The van der Waals surface area contributed by atoms with E-state index in [-0.39, 0.29) is 0 Å². The molecule has 7 heteroatoms. The van der Waals surface area contributed by atoms with Gasteiger partial charge in [0.05, 0.1) is 23.4 Å². The number of hydrogen-bond donors (Lipinski definition) is 2. The van der Waals surface area contributed by atoms with Crippen molar-refractivity contribution in [2.45, 2.75) is 13.8 Å². The number of allylic oxidation sites excluding steroid dienone is 1. The third kappa shape index (κ3) is 5.24.